The molecule has 1 aliphatic heterocycles. The topological polar surface area (TPSA) is 15.3 Å². The van der Waals surface area contributed by atoms with Crippen molar-refractivity contribution in [2.75, 3.05) is 26.2 Å². The zero-order valence-corrected chi connectivity index (χ0v) is 13.1. The zero-order chi connectivity index (χ0) is 13.4. The van der Waals surface area contributed by atoms with E-state index in [2.05, 4.69) is 37.9 Å². The predicted octanol–water partition coefficient (Wildman–Crippen LogP) is 3.67. The maximum atomic E-state index is 3.62. The molecule has 0 aromatic heterocycles. The van der Waals surface area contributed by atoms with E-state index in [0.29, 0.717) is 11.5 Å². The average Bonchev–Trinajstić information content (AvgIpc) is 2.83. The van der Waals surface area contributed by atoms with Crippen LogP contribution in [0.1, 0.15) is 66.2 Å². The predicted molar refractivity (Wildman–Crippen MR) is 81.1 cm³/mol. The molecule has 1 N–H and O–H groups in total. The third kappa shape index (κ3) is 4.55. The van der Waals surface area contributed by atoms with E-state index in [4.69, 9.17) is 0 Å². The Morgan fingerprint density at radius 1 is 1.17 bits per heavy atom. The molecule has 108 valence electrons. The van der Waals surface area contributed by atoms with Gasteiger partial charge >= 0.3 is 0 Å². The number of rotatable bonds is 9. The Labute approximate surface area is 115 Å². The van der Waals surface area contributed by atoms with E-state index in [1.165, 1.54) is 58.2 Å². The molecule has 1 unspecified atom stereocenters. The SMILES string of the molecule is CCCCCNCC(C)N1CCC(CC)(CC)C1. The number of nitrogens with zero attached hydrogens (tertiary/aromatic N) is 1. The van der Waals surface area contributed by atoms with E-state index in [0.717, 1.165) is 6.54 Å². The summed E-state index contributed by atoms with van der Waals surface area (Å²) in [6.07, 6.45) is 8.10. The van der Waals surface area contributed by atoms with Crippen LogP contribution >= 0.6 is 0 Å². The van der Waals surface area contributed by atoms with E-state index in [-0.39, 0.29) is 0 Å². The van der Waals surface area contributed by atoms with Crippen molar-refractivity contribution in [1.82, 2.24) is 10.2 Å². The molecule has 0 aromatic rings. The highest BCUT2D eigenvalue weighted by molar-refractivity contribution is 4.90. The Balaban J connectivity index is 2.21. The number of hydrogen-bond acceptors (Lipinski definition) is 2. The minimum atomic E-state index is 0.621. The van der Waals surface area contributed by atoms with Gasteiger partial charge in [0.15, 0.2) is 0 Å². The van der Waals surface area contributed by atoms with Crippen molar-refractivity contribution in [3.8, 4) is 0 Å². The summed E-state index contributed by atoms with van der Waals surface area (Å²) < 4.78 is 0. The molecule has 0 spiro atoms. The van der Waals surface area contributed by atoms with Crippen LogP contribution in [0.5, 0.6) is 0 Å². The van der Waals surface area contributed by atoms with Crippen LogP contribution in [0.15, 0.2) is 0 Å². The highest BCUT2D eigenvalue weighted by Gasteiger charge is 2.36. The normalized spacial score (nSPS) is 21.3. The fourth-order valence-electron chi connectivity index (χ4n) is 3.11. The molecule has 18 heavy (non-hydrogen) atoms. The lowest BCUT2D eigenvalue weighted by Crippen LogP contribution is -2.40. The van der Waals surface area contributed by atoms with Gasteiger partial charge in [0, 0.05) is 19.1 Å². The van der Waals surface area contributed by atoms with Crippen LogP contribution in [-0.2, 0) is 0 Å². The average molecular weight is 254 g/mol. The first kappa shape index (κ1) is 16.0. The standard InChI is InChI=1S/C16H34N2/c1-5-8-9-11-17-13-15(4)18-12-10-16(6-2,7-3)14-18/h15,17H,5-14H2,1-4H3. The molecule has 2 nitrogen and oxygen atoms in total. The molecule has 1 saturated heterocycles. The van der Waals surface area contributed by atoms with Crippen LogP contribution in [-0.4, -0.2) is 37.1 Å². The lowest BCUT2D eigenvalue weighted by molar-refractivity contribution is 0.199. The second kappa shape index (κ2) is 8.16. The summed E-state index contributed by atoms with van der Waals surface area (Å²) in [5, 5.41) is 3.62. The van der Waals surface area contributed by atoms with Crippen molar-refractivity contribution in [3.63, 3.8) is 0 Å². The Hall–Kier alpha value is -0.0800. The van der Waals surface area contributed by atoms with Crippen LogP contribution in [0.2, 0.25) is 0 Å². The first-order valence-electron chi connectivity index (χ1n) is 8.12. The number of nitrogens with one attached hydrogen (secondary N) is 1. The number of unbranched alkanes of at least 4 members (excludes halogenated alkanes) is 2. The lowest BCUT2D eigenvalue weighted by Gasteiger charge is -2.29. The van der Waals surface area contributed by atoms with Crippen LogP contribution in [0.4, 0.5) is 0 Å². The summed E-state index contributed by atoms with van der Waals surface area (Å²) in [4.78, 5) is 2.69. The summed E-state index contributed by atoms with van der Waals surface area (Å²) >= 11 is 0. The van der Waals surface area contributed by atoms with Gasteiger partial charge in [0.25, 0.3) is 0 Å². The van der Waals surface area contributed by atoms with E-state index < -0.39 is 0 Å². The van der Waals surface area contributed by atoms with Crippen LogP contribution in [0, 0.1) is 5.41 Å². The Kier molecular flexibility index (Phi) is 7.25. The maximum absolute atomic E-state index is 3.62. The first-order chi connectivity index (χ1) is 8.67. The van der Waals surface area contributed by atoms with E-state index >= 15 is 0 Å². The summed E-state index contributed by atoms with van der Waals surface area (Å²) in [5.74, 6) is 0. The van der Waals surface area contributed by atoms with Crippen molar-refractivity contribution >= 4 is 0 Å². The molecule has 1 atom stereocenters. The molecule has 1 aliphatic rings. The summed E-state index contributed by atoms with van der Waals surface area (Å²) in [6.45, 7) is 14.3. The van der Waals surface area contributed by atoms with E-state index in [9.17, 15) is 0 Å². The Bertz CT molecular complexity index is 211. The highest BCUT2D eigenvalue weighted by Crippen LogP contribution is 2.37. The van der Waals surface area contributed by atoms with Gasteiger partial charge in [-0.05, 0) is 51.1 Å². The van der Waals surface area contributed by atoms with Gasteiger partial charge < -0.3 is 5.32 Å². The molecule has 0 amide bonds. The molecule has 0 aromatic carbocycles. The fourth-order valence-corrected chi connectivity index (χ4v) is 3.11. The zero-order valence-electron chi connectivity index (χ0n) is 13.1. The number of hydrogen-bond donors (Lipinski definition) is 1. The second-order valence-corrected chi connectivity index (χ2v) is 6.19. The quantitative estimate of drug-likeness (QED) is 0.632. The van der Waals surface area contributed by atoms with Gasteiger partial charge in [0.2, 0.25) is 0 Å². The molecule has 0 aliphatic carbocycles. The van der Waals surface area contributed by atoms with Crippen molar-refractivity contribution in [1.29, 1.82) is 0 Å². The molecule has 2 heteroatoms. The monoisotopic (exact) mass is 254 g/mol. The minimum absolute atomic E-state index is 0.621. The molecule has 1 rings (SSSR count). The molecular weight excluding hydrogens is 220 g/mol. The fraction of sp³-hybridized carbons (Fsp3) is 1.00. The third-order valence-electron chi connectivity index (χ3n) is 4.99. The summed E-state index contributed by atoms with van der Waals surface area (Å²) in [5.41, 5.74) is 0.621. The van der Waals surface area contributed by atoms with Crippen LogP contribution in [0.3, 0.4) is 0 Å². The summed E-state index contributed by atoms with van der Waals surface area (Å²) in [6, 6.07) is 0.701. The molecular formula is C16H34N2. The van der Waals surface area contributed by atoms with Crippen LogP contribution in [0.25, 0.3) is 0 Å². The van der Waals surface area contributed by atoms with Gasteiger partial charge in [-0.15, -0.1) is 0 Å². The van der Waals surface area contributed by atoms with Gasteiger partial charge in [-0.3, -0.25) is 4.90 Å². The lowest BCUT2D eigenvalue weighted by atomic mass is 9.82. The van der Waals surface area contributed by atoms with Crippen molar-refractivity contribution in [3.05, 3.63) is 0 Å². The number of likely N-dealkylation sites (tertiary alicyclic amines) is 1. The van der Waals surface area contributed by atoms with Crippen molar-refractivity contribution in [2.24, 2.45) is 5.41 Å². The largest absolute Gasteiger partial charge is 0.315 e. The first-order valence-corrected chi connectivity index (χ1v) is 8.12. The molecule has 1 fully saturated rings. The van der Waals surface area contributed by atoms with E-state index in [1.807, 2.05) is 0 Å². The second-order valence-electron chi connectivity index (χ2n) is 6.19. The summed E-state index contributed by atoms with van der Waals surface area (Å²) in [7, 11) is 0. The van der Waals surface area contributed by atoms with Crippen LogP contribution < -0.4 is 5.32 Å². The Morgan fingerprint density at radius 2 is 1.89 bits per heavy atom. The van der Waals surface area contributed by atoms with Crippen molar-refractivity contribution < 1.29 is 0 Å². The molecule has 0 radical (unpaired) electrons. The third-order valence-corrected chi connectivity index (χ3v) is 4.99. The smallest absolute Gasteiger partial charge is 0.0192 e. The van der Waals surface area contributed by atoms with Gasteiger partial charge in [-0.25, -0.2) is 0 Å². The molecule has 0 saturated carbocycles. The van der Waals surface area contributed by atoms with Gasteiger partial charge in [0.05, 0.1) is 0 Å². The Morgan fingerprint density at radius 3 is 2.44 bits per heavy atom. The van der Waals surface area contributed by atoms with Crippen molar-refractivity contribution in [2.45, 2.75) is 72.3 Å². The molecule has 0 bridgehead atoms. The molecule has 1 heterocycles. The van der Waals surface area contributed by atoms with Gasteiger partial charge in [-0.1, -0.05) is 33.6 Å². The van der Waals surface area contributed by atoms with E-state index in [1.54, 1.807) is 0 Å². The maximum Gasteiger partial charge on any atom is 0.0192 e. The van der Waals surface area contributed by atoms with Gasteiger partial charge in [-0.2, -0.15) is 0 Å². The highest BCUT2D eigenvalue weighted by atomic mass is 15.2. The van der Waals surface area contributed by atoms with Gasteiger partial charge in [0.1, 0.15) is 0 Å². The minimum Gasteiger partial charge on any atom is -0.315 e.